The maximum absolute atomic E-state index is 10.9. The van der Waals surface area contributed by atoms with Crippen molar-refractivity contribution >= 4 is 15.9 Å². The minimum absolute atomic E-state index is 0.203. The fraction of sp³-hybridized carbons (Fsp3) is 0.625. The fourth-order valence-electron chi connectivity index (χ4n) is 0.770. The summed E-state index contributed by atoms with van der Waals surface area (Å²) in [6, 6.07) is 0. The van der Waals surface area contributed by atoms with Gasteiger partial charge >= 0.3 is 0 Å². The van der Waals surface area contributed by atoms with Crippen molar-refractivity contribution in [1.82, 2.24) is 4.72 Å². The Labute approximate surface area is 78.8 Å². The molecule has 74 valence electrons. The van der Waals surface area contributed by atoms with Crippen LogP contribution in [0.25, 0.3) is 0 Å². The normalized spacial score (nSPS) is 10.5. The molecule has 1 N–H and O–H groups in total. The highest BCUT2D eigenvalue weighted by atomic mass is 32.2. The van der Waals surface area contributed by atoms with Gasteiger partial charge in [0.2, 0.25) is 15.9 Å². The molecule has 0 rings (SSSR count). The van der Waals surface area contributed by atoms with E-state index in [1.54, 1.807) is 0 Å². The van der Waals surface area contributed by atoms with Crippen molar-refractivity contribution in [1.29, 1.82) is 0 Å². The van der Waals surface area contributed by atoms with Crippen molar-refractivity contribution in [2.45, 2.75) is 25.7 Å². The lowest BCUT2D eigenvalue weighted by molar-refractivity contribution is -0.119. The lowest BCUT2D eigenvalue weighted by Gasteiger charge is -2.00. The van der Waals surface area contributed by atoms with Crippen molar-refractivity contribution in [3.63, 3.8) is 0 Å². The molecule has 0 bridgehead atoms. The summed E-state index contributed by atoms with van der Waals surface area (Å²) in [6.07, 6.45) is 8.13. The molecule has 13 heavy (non-hydrogen) atoms. The largest absolute Gasteiger partial charge is 0.274 e. The number of hydrogen-bond donors (Lipinski definition) is 1. The van der Waals surface area contributed by atoms with E-state index in [4.69, 9.17) is 6.42 Å². The van der Waals surface area contributed by atoms with Crippen molar-refractivity contribution in [3.05, 3.63) is 0 Å². The number of carbonyl (C=O) groups excluding carboxylic acids is 1. The van der Waals surface area contributed by atoms with Gasteiger partial charge in [0, 0.05) is 12.8 Å². The molecule has 0 aliphatic rings. The number of rotatable bonds is 5. The van der Waals surface area contributed by atoms with Gasteiger partial charge in [-0.15, -0.1) is 12.3 Å². The highest BCUT2D eigenvalue weighted by Gasteiger charge is 2.06. The summed E-state index contributed by atoms with van der Waals surface area (Å²) in [5.74, 6) is 1.97. The molecule has 0 fully saturated rings. The predicted molar refractivity (Wildman–Crippen MR) is 50.3 cm³/mol. The molecule has 0 heterocycles. The second-order valence-electron chi connectivity index (χ2n) is 2.71. The standard InChI is InChI=1S/C8H13NO3S/c1-3-4-5-6-7-8(10)9-13(2,11)12/h1H,4-7H2,2H3,(H,9,10). The summed E-state index contributed by atoms with van der Waals surface area (Å²) in [6.45, 7) is 0. The SMILES string of the molecule is C#CCCCCC(=O)NS(C)(=O)=O. The molecule has 0 radical (unpaired) electrons. The van der Waals surface area contributed by atoms with E-state index in [0.717, 1.165) is 12.7 Å². The number of terminal acetylenes is 1. The molecule has 0 saturated carbocycles. The maximum atomic E-state index is 10.9. The van der Waals surface area contributed by atoms with Gasteiger partial charge < -0.3 is 0 Å². The van der Waals surface area contributed by atoms with E-state index in [1.165, 1.54) is 0 Å². The summed E-state index contributed by atoms with van der Waals surface area (Å²) in [7, 11) is -3.41. The van der Waals surface area contributed by atoms with Gasteiger partial charge in [-0.2, -0.15) is 0 Å². The minimum Gasteiger partial charge on any atom is -0.274 e. The highest BCUT2D eigenvalue weighted by molar-refractivity contribution is 7.89. The number of sulfonamides is 1. The Morgan fingerprint density at radius 2 is 2.08 bits per heavy atom. The van der Waals surface area contributed by atoms with Crippen LogP contribution in [0.2, 0.25) is 0 Å². The van der Waals surface area contributed by atoms with E-state index >= 15 is 0 Å². The molecule has 0 aliphatic heterocycles. The van der Waals surface area contributed by atoms with Crippen molar-refractivity contribution in [2.24, 2.45) is 0 Å². The average molecular weight is 203 g/mol. The Bertz CT molecular complexity index is 300. The van der Waals surface area contributed by atoms with Crippen LogP contribution in [0, 0.1) is 12.3 Å². The van der Waals surface area contributed by atoms with Gasteiger partial charge in [0.25, 0.3) is 0 Å². The van der Waals surface area contributed by atoms with E-state index < -0.39 is 15.9 Å². The van der Waals surface area contributed by atoms with Gasteiger partial charge in [0.15, 0.2) is 0 Å². The lowest BCUT2D eigenvalue weighted by atomic mass is 10.2. The zero-order chi connectivity index (χ0) is 10.3. The van der Waals surface area contributed by atoms with Crippen LogP contribution in [0.3, 0.4) is 0 Å². The molecular formula is C8H13NO3S. The molecule has 0 unspecified atom stereocenters. The van der Waals surface area contributed by atoms with E-state index in [0.29, 0.717) is 12.8 Å². The van der Waals surface area contributed by atoms with Crippen LogP contribution in [-0.2, 0) is 14.8 Å². The van der Waals surface area contributed by atoms with Gasteiger partial charge in [0.1, 0.15) is 0 Å². The number of unbranched alkanes of at least 4 members (excludes halogenated alkanes) is 2. The summed E-state index contributed by atoms with van der Waals surface area (Å²) < 4.78 is 23.0. The van der Waals surface area contributed by atoms with Gasteiger partial charge in [-0.1, -0.05) is 0 Å². The highest BCUT2D eigenvalue weighted by Crippen LogP contribution is 1.98. The molecular weight excluding hydrogens is 190 g/mol. The Hall–Kier alpha value is -1.02. The van der Waals surface area contributed by atoms with Gasteiger partial charge in [-0.3, -0.25) is 9.52 Å². The topological polar surface area (TPSA) is 63.2 Å². The first-order chi connectivity index (χ1) is 5.95. The molecule has 0 spiro atoms. The van der Waals surface area contributed by atoms with Crippen LogP contribution in [0.15, 0.2) is 0 Å². The van der Waals surface area contributed by atoms with Crippen LogP contribution >= 0.6 is 0 Å². The molecule has 1 amide bonds. The van der Waals surface area contributed by atoms with Crippen LogP contribution < -0.4 is 4.72 Å². The number of amides is 1. The number of nitrogens with one attached hydrogen (secondary N) is 1. The second kappa shape index (κ2) is 5.60. The Morgan fingerprint density at radius 1 is 1.46 bits per heavy atom. The number of carbonyl (C=O) groups is 1. The summed E-state index contributed by atoms with van der Waals surface area (Å²) in [5.41, 5.74) is 0. The third-order valence-corrected chi connectivity index (χ3v) is 1.87. The van der Waals surface area contributed by atoms with Crippen LogP contribution in [0.5, 0.6) is 0 Å². The Kier molecular flexibility index (Phi) is 5.16. The van der Waals surface area contributed by atoms with Crippen molar-refractivity contribution in [2.75, 3.05) is 6.26 Å². The van der Waals surface area contributed by atoms with E-state index in [2.05, 4.69) is 5.92 Å². The maximum Gasteiger partial charge on any atom is 0.233 e. The molecule has 5 heteroatoms. The van der Waals surface area contributed by atoms with Crippen LogP contribution in [0.1, 0.15) is 25.7 Å². The van der Waals surface area contributed by atoms with E-state index in [1.807, 2.05) is 4.72 Å². The Balaban J connectivity index is 3.60. The summed E-state index contributed by atoms with van der Waals surface area (Å²) >= 11 is 0. The molecule has 0 aromatic carbocycles. The van der Waals surface area contributed by atoms with Gasteiger partial charge in [0.05, 0.1) is 6.26 Å². The first-order valence-corrected chi connectivity index (χ1v) is 5.79. The first-order valence-electron chi connectivity index (χ1n) is 3.90. The van der Waals surface area contributed by atoms with Gasteiger partial charge in [-0.25, -0.2) is 8.42 Å². The summed E-state index contributed by atoms with van der Waals surface area (Å²) in [4.78, 5) is 10.9. The lowest BCUT2D eigenvalue weighted by Crippen LogP contribution is -2.28. The van der Waals surface area contributed by atoms with Crippen molar-refractivity contribution in [3.8, 4) is 12.3 Å². The van der Waals surface area contributed by atoms with E-state index in [9.17, 15) is 13.2 Å². The minimum atomic E-state index is -3.41. The third-order valence-electron chi connectivity index (χ3n) is 1.27. The molecule has 0 aliphatic carbocycles. The molecule has 4 nitrogen and oxygen atoms in total. The van der Waals surface area contributed by atoms with E-state index in [-0.39, 0.29) is 6.42 Å². The van der Waals surface area contributed by atoms with Crippen LogP contribution in [-0.4, -0.2) is 20.6 Å². The fourth-order valence-corrected chi connectivity index (χ4v) is 1.29. The zero-order valence-corrected chi connectivity index (χ0v) is 8.36. The third kappa shape index (κ3) is 8.89. The zero-order valence-electron chi connectivity index (χ0n) is 7.54. The average Bonchev–Trinajstić information content (AvgIpc) is 1.94. The molecule has 0 aromatic rings. The predicted octanol–water partition coefficient (Wildman–Crippen LogP) is 0.256. The quantitative estimate of drug-likeness (QED) is 0.515. The second-order valence-corrected chi connectivity index (χ2v) is 4.46. The van der Waals surface area contributed by atoms with Gasteiger partial charge in [-0.05, 0) is 12.8 Å². The summed E-state index contributed by atoms with van der Waals surface area (Å²) in [5, 5.41) is 0. The number of hydrogen-bond acceptors (Lipinski definition) is 3. The first kappa shape index (κ1) is 12.0. The molecule has 0 saturated heterocycles. The Morgan fingerprint density at radius 3 is 2.54 bits per heavy atom. The molecule has 0 atom stereocenters. The smallest absolute Gasteiger partial charge is 0.233 e. The molecule has 0 aromatic heterocycles. The monoisotopic (exact) mass is 203 g/mol. The van der Waals surface area contributed by atoms with Crippen molar-refractivity contribution < 1.29 is 13.2 Å². The van der Waals surface area contributed by atoms with Crippen LogP contribution in [0.4, 0.5) is 0 Å².